The third kappa shape index (κ3) is 3.40. The van der Waals surface area contributed by atoms with E-state index in [-0.39, 0.29) is 45.8 Å². The molecule has 1 aromatic carbocycles. The Hall–Kier alpha value is -3.43. The quantitative estimate of drug-likeness (QED) is 0.586. The minimum absolute atomic E-state index is 0.00678. The first-order chi connectivity index (χ1) is 13.4. The summed E-state index contributed by atoms with van der Waals surface area (Å²) in [6.45, 7) is 8.34. The van der Waals surface area contributed by atoms with Crippen LogP contribution in [0.25, 0.3) is 22.7 Å². The maximum absolute atomic E-state index is 12.5. The van der Waals surface area contributed by atoms with Gasteiger partial charge in [-0.25, -0.2) is 0 Å². The number of aromatic nitrogens is 5. The van der Waals surface area contributed by atoms with Gasteiger partial charge in [0.25, 0.3) is 5.91 Å². The Morgan fingerprint density at radius 3 is 2.61 bits per heavy atom. The summed E-state index contributed by atoms with van der Waals surface area (Å²) in [5, 5.41) is 39.2. The molecule has 0 bridgehead atoms. The van der Waals surface area contributed by atoms with Crippen LogP contribution in [-0.2, 0) is 6.54 Å². The largest absolute Gasteiger partial charge is 0.508 e. The highest BCUT2D eigenvalue weighted by Crippen LogP contribution is 2.42. The van der Waals surface area contributed by atoms with Crippen LogP contribution in [0.5, 0.6) is 11.5 Å². The second-order valence-corrected chi connectivity index (χ2v) is 6.48. The molecule has 2 aromatic heterocycles. The van der Waals surface area contributed by atoms with Crippen LogP contribution in [0.15, 0.2) is 16.7 Å². The zero-order valence-corrected chi connectivity index (χ0v) is 16.1. The lowest BCUT2D eigenvalue weighted by Gasteiger charge is -2.11. The SMILES string of the molecule is CCNC(=O)c1noc(-c2cc(C(C)C)c(O)cc2O)c1-c1nnn(CC)n1. The van der Waals surface area contributed by atoms with Crippen molar-refractivity contribution in [2.75, 3.05) is 6.54 Å². The lowest BCUT2D eigenvalue weighted by molar-refractivity contribution is 0.0947. The molecule has 1 amide bonds. The molecule has 0 radical (unpaired) electrons. The Bertz CT molecular complexity index is 1010. The maximum Gasteiger partial charge on any atom is 0.274 e. The van der Waals surface area contributed by atoms with Gasteiger partial charge in [-0.15, -0.1) is 10.2 Å². The number of rotatable bonds is 6. The van der Waals surface area contributed by atoms with Crippen molar-refractivity contribution in [1.82, 2.24) is 30.7 Å². The molecule has 0 aliphatic carbocycles. The zero-order chi connectivity index (χ0) is 20.4. The van der Waals surface area contributed by atoms with Gasteiger partial charge in [0.1, 0.15) is 17.1 Å². The topological polar surface area (TPSA) is 139 Å². The number of carbonyl (C=O) groups is 1. The van der Waals surface area contributed by atoms with Crippen molar-refractivity contribution in [3.8, 4) is 34.2 Å². The van der Waals surface area contributed by atoms with E-state index >= 15 is 0 Å². The van der Waals surface area contributed by atoms with Gasteiger partial charge >= 0.3 is 0 Å². The van der Waals surface area contributed by atoms with Crippen molar-refractivity contribution >= 4 is 5.91 Å². The van der Waals surface area contributed by atoms with Crippen LogP contribution in [0.1, 0.15) is 49.7 Å². The monoisotopic (exact) mass is 386 g/mol. The zero-order valence-electron chi connectivity index (χ0n) is 16.1. The van der Waals surface area contributed by atoms with Gasteiger partial charge in [-0.2, -0.15) is 4.80 Å². The number of carbonyl (C=O) groups excluding carboxylic acids is 1. The van der Waals surface area contributed by atoms with Crippen molar-refractivity contribution in [3.05, 3.63) is 23.4 Å². The number of phenolic OH excluding ortho intramolecular Hbond substituents is 2. The Morgan fingerprint density at radius 1 is 1.25 bits per heavy atom. The van der Waals surface area contributed by atoms with E-state index in [4.69, 9.17) is 4.52 Å². The number of tetrazole rings is 1. The molecule has 0 fully saturated rings. The molecule has 148 valence electrons. The first-order valence-corrected chi connectivity index (χ1v) is 8.99. The van der Waals surface area contributed by atoms with Crippen LogP contribution in [0.4, 0.5) is 0 Å². The molecule has 3 aromatic rings. The van der Waals surface area contributed by atoms with Gasteiger partial charge in [0.2, 0.25) is 5.82 Å². The van der Waals surface area contributed by atoms with Crippen LogP contribution in [-0.4, -0.2) is 48.0 Å². The highest BCUT2D eigenvalue weighted by atomic mass is 16.5. The van der Waals surface area contributed by atoms with E-state index in [2.05, 4.69) is 25.9 Å². The number of hydrogen-bond acceptors (Lipinski definition) is 8. The Morgan fingerprint density at radius 2 is 2.00 bits per heavy atom. The summed E-state index contributed by atoms with van der Waals surface area (Å²) in [5.41, 5.74) is 1.10. The van der Waals surface area contributed by atoms with E-state index in [0.29, 0.717) is 18.7 Å². The summed E-state index contributed by atoms with van der Waals surface area (Å²) in [5.74, 6) is -0.439. The fourth-order valence-electron chi connectivity index (χ4n) is 2.80. The van der Waals surface area contributed by atoms with E-state index in [9.17, 15) is 15.0 Å². The lowest BCUT2D eigenvalue weighted by atomic mass is 9.96. The standard InChI is InChI=1S/C18H22N6O4/c1-5-19-18(27)15-14(17-20-23-24(6-2)21-17)16(28-22-15)11-7-10(9(3)4)12(25)8-13(11)26/h7-9,25-26H,5-6H2,1-4H3,(H,19,27). The van der Waals surface area contributed by atoms with Crippen molar-refractivity contribution in [2.45, 2.75) is 40.2 Å². The Labute approximate surface area is 161 Å². The van der Waals surface area contributed by atoms with Crippen LogP contribution in [0.2, 0.25) is 0 Å². The molecule has 0 atom stereocenters. The van der Waals surface area contributed by atoms with Gasteiger partial charge in [0.05, 0.1) is 12.1 Å². The number of aromatic hydroxyl groups is 2. The molecular weight excluding hydrogens is 364 g/mol. The van der Waals surface area contributed by atoms with Crippen LogP contribution in [0, 0.1) is 0 Å². The summed E-state index contributed by atoms with van der Waals surface area (Å²) in [6, 6.07) is 2.84. The van der Waals surface area contributed by atoms with E-state index in [0.717, 1.165) is 0 Å². The summed E-state index contributed by atoms with van der Waals surface area (Å²) in [6.07, 6.45) is 0. The molecule has 2 heterocycles. The van der Waals surface area contributed by atoms with Crippen molar-refractivity contribution in [1.29, 1.82) is 0 Å². The minimum Gasteiger partial charge on any atom is -0.508 e. The normalized spacial score (nSPS) is 11.2. The number of benzene rings is 1. The first-order valence-electron chi connectivity index (χ1n) is 8.99. The molecular formula is C18H22N6O4. The molecule has 10 nitrogen and oxygen atoms in total. The molecule has 0 saturated carbocycles. The van der Waals surface area contributed by atoms with Crippen LogP contribution >= 0.6 is 0 Å². The fraction of sp³-hybridized carbons (Fsp3) is 0.389. The number of hydrogen-bond donors (Lipinski definition) is 3. The highest BCUT2D eigenvalue weighted by Gasteiger charge is 2.29. The minimum atomic E-state index is -0.456. The first kappa shape index (κ1) is 19.3. The average Bonchev–Trinajstić information content (AvgIpc) is 3.28. The smallest absolute Gasteiger partial charge is 0.274 e. The van der Waals surface area contributed by atoms with Gasteiger partial charge in [0, 0.05) is 12.6 Å². The lowest BCUT2D eigenvalue weighted by Crippen LogP contribution is -2.23. The summed E-state index contributed by atoms with van der Waals surface area (Å²) < 4.78 is 5.43. The van der Waals surface area contributed by atoms with Crippen molar-refractivity contribution < 1.29 is 19.5 Å². The number of aryl methyl sites for hydroxylation is 1. The predicted molar refractivity (Wildman–Crippen MR) is 99.8 cm³/mol. The fourth-order valence-corrected chi connectivity index (χ4v) is 2.80. The Balaban J connectivity index is 2.25. The molecule has 0 aliphatic heterocycles. The van der Waals surface area contributed by atoms with Gasteiger partial charge in [-0.1, -0.05) is 19.0 Å². The van der Waals surface area contributed by atoms with Crippen molar-refractivity contribution in [2.24, 2.45) is 0 Å². The number of amides is 1. The molecule has 0 saturated heterocycles. The second-order valence-electron chi connectivity index (χ2n) is 6.48. The predicted octanol–water partition coefficient (Wildman–Crippen LogP) is 2.30. The molecule has 0 spiro atoms. The summed E-state index contributed by atoms with van der Waals surface area (Å²) in [7, 11) is 0. The van der Waals surface area contributed by atoms with Gasteiger partial charge < -0.3 is 20.1 Å². The maximum atomic E-state index is 12.5. The molecule has 3 N–H and O–H groups in total. The van der Waals surface area contributed by atoms with Crippen LogP contribution < -0.4 is 5.32 Å². The Kier molecular flexibility index (Phi) is 5.30. The second kappa shape index (κ2) is 7.67. The molecule has 28 heavy (non-hydrogen) atoms. The van der Waals surface area contributed by atoms with Crippen LogP contribution in [0.3, 0.4) is 0 Å². The van der Waals surface area contributed by atoms with Gasteiger partial charge in [-0.3, -0.25) is 4.79 Å². The van der Waals surface area contributed by atoms with E-state index < -0.39 is 5.91 Å². The average molecular weight is 386 g/mol. The van der Waals surface area contributed by atoms with Gasteiger partial charge in [-0.05, 0) is 36.6 Å². The summed E-state index contributed by atoms with van der Waals surface area (Å²) >= 11 is 0. The van der Waals surface area contributed by atoms with E-state index in [1.165, 1.54) is 10.9 Å². The third-order valence-corrected chi connectivity index (χ3v) is 4.22. The molecule has 0 aliphatic rings. The number of phenols is 2. The van der Waals surface area contributed by atoms with E-state index in [1.807, 2.05) is 20.8 Å². The molecule has 10 heteroatoms. The van der Waals surface area contributed by atoms with E-state index in [1.54, 1.807) is 13.0 Å². The molecule has 3 rings (SSSR count). The highest BCUT2D eigenvalue weighted by molar-refractivity contribution is 6.01. The van der Waals surface area contributed by atoms with Crippen molar-refractivity contribution in [3.63, 3.8) is 0 Å². The number of nitrogens with zero attached hydrogens (tertiary/aromatic N) is 5. The van der Waals surface area contributed by atoms with Gasteiger partial charge in [0.15, 0.2) is 11.5 Å². The number of nitrogens with one attached hydrogen (secondary N) is 1. The third-order valence-electron chi connectivity index (χ3n) is 4.22. The molecule has 0 unspecified atom stereocenters. The summed E-state index contributed by atoms with van der Waals surface area (Å²) in [4.78, 5) is 13.8.